The van der Waals surface area contributed by atoms with Crippen LogP contribution in [0.15, 0.2) is 35.5 Å². The molecule has 1 N–H and O–H groups in total. The first-order chi connectivity index (χ1) is 25.5. The summed E-state index contributed by atoms with van der Waals surface area (Å²) < 4.78 is 30.5. The molecule has 6 nitrogen and oxygen atoms in total. The van der Waals surface area contributed by atoms with E-state index in [-0.39, 0.29) is 39.5 Å². The average molecular weight is 763 g/mol. The lowest BCUT2D eigenvalue weighted by Crippen LogP contribution is -2.68. The fraction of sp³-hybridized carbons (Fsp3) is 0.851. The number of nitrogens with one attached hydrogen (secondary N) is 1. The molecular weight excluding hydrogens is 689 g/mol. The van der Waals surface area contributed by atoms with Gasteiger partial charge in [0.05, 0.1) is 23.5 Å². The lowest BCUT2D eigenvalue weighted by atomic mass is 9.33. The molecule has 6 fully saturated rings. The van der Waals surface area contributed by atoms with Crippen molar-refractivity contribution in [3.8, 4) is 0 Å². The van der Waals surface area contributed by atoms with E-state index in [0.29, 0.717) is 46.9 Å². The van der Waals surface area contributed by atoms with E-state index < -0.39 is 9.84 Å². The molecule has 0 spiro atoms. The van der Waals surface area contributed by atoms with Gasteiger partial charge in [-0.3, -0.25) is 9.69 Å². The second-order valence-corrected chi connectivity index (χ2v) is 23.7. The number of esters is 1. The molecule has 8 rings (SSSR count). The molecule has 2 saturated heterocycles. The molecule has 2 aliphatic heterocycles. The molecule has 1 unspecified atom stereocenters. The van der Waals surface area contributed by atoms with E-state index in [1.54, 1.807) is 5.57 Å². The monoisotopic (exact) mass is 763 g/mol. The van der Waals surface area contributed by atoms with E-state index in [9.17, 15) is 13.2 Å². The zero-order valence-electron chi connectivity index (χ0n) is 35.1. The number of carbonyl (C=O) groups excluding carboxylic acids is 1. The summed E-state index contributed by atoms with van der Waals surface area (Å²) in [7, 11) is -2.86. The Hall–Kier alpha value is -1.44. The highest BCUT2D eigenvalue weighted by atomic mass is 32.2. The maximum Gasteiger partial charge on any atom is 0.309 e. The molecule has 7 heteroatoms. The Labute approximate surface area is 329 Å². The SMILES string of the molecule is C=C(C)[C@@H]1CC[C@]2(NCCN3C[C@@H]4CC3CS4(=O)=O)CC[C@]3(C)[C@H](CC[C@@H]4[C@@]5(C)CC=C(C6=CC[C@H](C(=O)OCCCC)CC6)C(C)(C)[C@@H]5CC[C@]43C)[C@@H]12. The van der Waals surface area contributed by atoms with Gasteiger partial charge >= 0.3 is 5.97 Å². The normalized spacial score (nSPS) is 46.1. The summed E-state index contributed by atoms with van der Waals surface area (Å²) in [6.07, 6.45) is 22.2. The van der Waals surface area contributed by atoms with Crippen molar-refractivity contribution in [1.82, 2.24) is 10.2 Å². The van der Waals surface area contributed by atoms with Crippen molar-refractivity contribution in [3.63, 3.8) is 0 Å². The van der Waals surface area contributed by atoms with Gasteiger partial charge in [0.1, 0.15) is 0 Å². The molecule has 0 aromatic carbocycles. The molecule has 0 aromatic rings. The molecular formula is C47H74N2O4S. The standard InChI is InChI=1S/C47H74N2O4S/c1-9-10-27-53-42(50)33-13-11-32(12-14-33)37-18-20-44(6)39(43(37,4)5)19-21-46(8)40(44)16-15-38-41-36(31(2)3)17-22-47(41,24-23-45(38,46)7)48-25-26-49-29-35-28-34(49)30-54(35,51)52/h11,18,33-36,38-41,48H,2,9-10,12-17,19-30H2,1,3-8H3/t33-,34?,35-,36-,38+,39-,40+,41+,44-,45+,46+,47-/m0/s1. The van der Waals surface area contributed by atoms with Gasteiger partial charge < -0.3 is 10.1 Å². The largest absolute Gasteiger partial charge is 0.465 e. The van der Waals surface area contributed by atoms with Crippen LogP contribution in [0.3, 0.4) is 0 Å². The van der Waals surface area contributed by atoms with Crippen LogP contribution >= 0.6 is 0 Å². The van der Waals surface area contributed by atoms with Gasteiger partial charge in [-0.2, -0.15) is 0 Å². The smallest absolute Gasteiger partial charge is 0.309 e. The predicted molar refractivity (Wildman–Crippen MR) is 220 cm³/mol. The van der Waals surface area contributed by atoms with Crippen LogP contribution in [0, 0.1) is 57.2 Å². The lowest BCUT2D eigenvalue weighted by molar-refractivity contribution is -0.221. The predicted octanol–water partition coefficient (Wildman–Crippen LogP) is 9.46. The molecule has 0 aromatic heterocycles. The van der Waals surface area contributed by atoms with Crippen LogP contribution in [-0.4, -0.2) is 68.1 Å². The number of carbonyl (C=O) groups is 1. The van der Waals surface area contributed by atoms with Gasteiger partial charge in [-0.1, -0.05) is 72.3 Å². The number of unbranched alkanes of at least 4 members (excludes halogenated alkanes) is 1. The minimum absolute atomic E-state index is 0.00928. The molecule has 2 heterocycles. The van der Waals surface area contributed by atoms with E-state index in [2.05, 4.69) is 77.4 Å². The highest BCUT2D eigenvalue weighted by Crippen LogP contribution is 2.76. The average Bonchev–Trinajstić information content (AvgIpc) is 3.79. The molecule has 6 aliphatic carbocycles. The maximum absolute atomic E-state index is 12.8. The Bertz CT molecular complexity index is 1680. The van der Waals surface area contributed by atoms with E-state index >= 15 is 0 Å². The van der Waals surface area contributed by atoms with Crippen molar-refractivity contribution in [2.45, 2.75) is 162 Å². The summed E-state index contributed by atoms with van der Waals surface area (Å²) in [6, 6.07) is 0.233. The summed E-state index contributed by atoms with van der Waals surface area (Å²) in [5.41, 5.74) is 5.68. The van der Waals surface area contributed by atoms with Crippen LogP contribution in [0.4, 0.5) is 0 Å². The van der Waals surface area contributed by atoms with Crippen molar-refractivity contribution < 1.29 is 17.9 Å². The Morgan fingerprint density at radius 1 is 0.981 bits per heavy atom. The van der Waals surface area contributed by atoms with Crippen LogP contribution in [0.25, 0.3) is 0 Å². The number of ether oxygens (including phenoxy) is 1. The Kier molecular flexibility index (Phi) is 10.1. The summed E-state index contributed by atoms with van der Waals surface area (Å²) in [5.74, 6) is 3.70. The molecule has 0 amide bonds. The highest BCUT2D eigenvalue weighted by molar-refractivity contribution is 7.92. The van der Waals surface area contributed by atoms with Gasteiger partial charge in [0.25, 0.3) is 0 Å². The molecule has 8 aliphatic rings. The third-order valence-electron chi connectivity index (χ3n) is 18.8. The third kappa shape index (κ3) is 5.94. The van der Waals surface area contributed by atoms with Crippen molar-refractivity contribution in [1.29, 1.82) is 0 Å². The lowest BCUT2D eigenvalue weighted by Gasteiger charge is -2.72. The van der Waals surface area contributed by atoms with Crippen LogP contribution < -0.4 is 5.32 Å². The van der Waals surface area contributed by atoms with E-state index in [1.165, 1.54) is 68.9 Å². The Morgan fingerprint density at radius 2 is 1.78 bits per heavy atom. The van der Waals surface area contributed by atoms with Crippen molar-refractivity contribution >= 4 is 15.8 Å². The number of fused-ring (bicyclic) bond motifs is 9. The number of hydrogen-bond donors (Lipinski definition) is 1. The first-order valence-electron chi connectivity index (χ1n) is 22.4. The fourth-order valence-corrected chi connectivity index (χ4v) is 17.9. The van der Waals surface area contributed by atoms with Gasteiger partial charge in [0.15, 0.2) is 9.84 Å². The summed E-state index contributed by atoms with van der Waals surface area (Å²) in [5, 5.41) is 4.14. The quantitative estimate of drug-likeness (QED) is 0.136. The van der Waals surface area contributed by atoms with Crippen molar-refractivity contribution in [2.24, 2.45) is 57.2 Å². The molecule has 4 saturated carbocycles. The maximum atomic E-state index is 12.8. The highest BCUT2D eigenvalue weighted by Gasteiger charge is 2.70. The van der Waals surface area contributed by atoms with Crippen molar-refractivity contribution in [2.75, 3.05) is 32.0 Å². The molecule has 302 valence electrons. The van der Waals surface area contributed by atoms with Gasteiger partial charge in [0, 0.05) is 31.2 Å². The number of allylic oxidation sites excluding steroid dienone is 5. The number of sulfone groups is 1. The van der Waals surface area contributed by atoms with Gasteiger partial charge in [-0.15, -0.1) is 0 Å². The van der Waals surface area contributed by atoms with E-state index in [0.717, 1.165) is 64.1 Å². The summed E-state index contributed by atoms with van der Waals surface area (Å²) in [4.78, 5) is 15.3. The zero-order valence-corrected chi connectivity index (χ0v) is 35.9. The first kappa shape index (κ1) is 39.4. The molecule has 2 bridgehead atoms. The Morgan fingerprint density at radius 3 is 2.44 bits per heavy atom. The number of likely N-dealkylation sites (tertiary alicyclic amines) is 1. The van der Waals surface area contributed by atoms with E-state index in [4.69, 9.17) is 4.74 Å². The number of nitrogens with zero attached hydrogens (tertiary/aromatic N) is 1. The number of rotatable bonds is 10. The van der Waals surface area contributed by atoms with Crippen LogP contribution in [0.5, 0.6) is 0 Å². The second kappa shape index (κ2) is 13.8. The number of hydrogen-bond acceptors (Lipinski definition) is 6. The molecule has 0 radical (unpaired) electrons. The minimum atomic E-state index is -2.86. The zero-order chi connectivity index (χ0) is 38.5. The third-order valence-corrected chi connectivity index (χ3v) is 21.0. The van der Waals surface area contributed by atoms with Crippen LogP contribution in [0.1, 0.15) is 145 Å². The Balaban J connectivity index is 0.999. The van der Waals surface area contributed by atoms with Gasteiger partial charge in [0.2, 0.25) is 0 Å². The van der Waals surface area contributed by atoms with Gasteiger partial charge in [-0.05, 0) is 159 Å². The fourth-order valence-electron chi connectivity index (χ4n) is 15.8. The van der Waals surface area contributed by atoms with Crippen LogP contribution in [0.2, 0.25) is 0 Å². The summed E-state index contributed by atoms with van der Waals surface area (Å²) >= 11 is 0. The van der Waals surface area contributed by atoms with E-state index in [1.807, 2.05) is 0 Å². The molecule has 54 heavy (non-hydrogen) atoms. The van der Waals surface area contributed by atoms with Crippen LogP contribution in [-0.2, 0) is 19.4 Å². The second-order valence-electron chi connectivity index (χ2n) is 21.4. The topological polar surface area (TPSA) is 75.7 Å². The summed E-state index contributed by atoms with van der Waals surface area (Å²) in [6.45, 7) is 25.6. The minimum Gasteiger partial charge on any atom is -0.465 e. The van der Waals surface area contributed by atoms with Gasteiger partial charge in [-0.25, -0.2) is 8.42 Å². The van der Waals surface area contributed by atoms with Crippen molar-refractivity contribution in [3.05, 3.63) is 35.5 Å². The first-order valence-corrected chi connectivity index (χ1v) is 24.1. The molecule has 12 atom stereocenters.